The van der Waals surface area contributed by atoms with Crippen LogP contribution in [0.5, 0.6) is 0 Å². The van der Waals surface area contributed by atoms with E-state index >= 15 is 0 Å². The maximum atomic E-state index is 4.74. The second-order valence-corrected chi connectivity index (χ2v) is 18.9. The molecule has 0 spiro atoms. The predicted octanol–water partition coefficient (Wildman–Crippen LogP) is 17.6. The van der Waals surface area contributed by atoms with Crippen LogP contribution in [0.15, 0.2) is 255 Å². The normalized spacial score (nSPS) is 13.6. The molecule has 0 unspecified atom stereocenters. The van der Waals surface area contributed by atoms with Gasteiger partial charge in [-0.2, -0.15) is 0 Å². The highest BCUT2D eigenvalue weighted by molar-refractivity contribution is 7.25. The van der Waals surface area contributed by atoms with E-state index in [1.54, 1.807) is 0 Å². The van der Waals surface area contributed by atoms with E-state index < -0.39 is 0 Å². The molecule has 0 N–H and O–H groups in total. The summed E-state index contributed by atoms with van der Waals surface area (Å²) in [6.45, 7) is 4.65. The van der Waals surface area contributed by atoms with Crippen LogP contribution < -0.4 is 4.90 Å². The first kappa shape index (κ1) is 41.3. The second kappa shape index (κ2) is 17.3. The van der Waals surface area contributed by atoms with Crippen molar-refractivity contribution in [1.82, 2.24) is 14.5 Å². The Morgan fingerprint density at radius 2 is 0.986 bits per heavy atom. The van der Waals surface area contributed by atoms with E-state index in [1.807, 2.05) is 41.9 Å². The van der Waals surface area contributed by atoms with Gasteiger partial charge in [-0.3, -0.25) is 9.97 Å². The summed E-state index contributed by atoms with van der Waals surface area (Å²) in [4.78, 5) is 11.8. The van der Waals surface area contributed by atoms with Crippen LogP contribution in [0.3, 0.4) is 0 Å². The summed E-state index contributed by atoms with van der Waals surface area (Å²) in [5, 5.41) is 4.86. The number of pyridine rings is 2. The minimum atomic E-state index is 0.778. The molecular formula is C65H44N4S. The van der Waals surface area contributed by atoms with Crippen molar-refractivity contribution in [2.45, 2.75) is 6.42 Å². The fraction of sp³-hybridized carbons (Fsp3) is 0.0154. The molecule has 1 aliphatic rings. The highest BCUT2D eigenvalue weighted by atomic mass is 32.1. The SMILES string of the molecule is C=C1/C=C\C=C/Cc2cc(-c3ccccc3-c3ccccn3)ccc2N1c1ccc2sc3ccc(-n4c5ccc(-c6ccccc6)cc5c5cc(-c6ccccc6-c6ccccn6)ccc54)cc3c2c1. The summed E-state index contributed by atoms with van der Waals surface area (Å²) in [5.74, 6) is 0. The first-order chi connectivity index (χ1) is 34.6. The smallest absolute Gasteiger partial charge is 0.0708 e. The number of thiophene rings is 1. The van der Waals surface area contributed by atoms with Crippen molar-refractivity contribution in [1.29, 1.82) is 0 Å². The van der Waals surface area contributed by atoms with Crippen LogP contribution in [0.1, 0.15) is 5.56 Å². The summed E-state index contributed by atoms with van der Waals surface area (Å²) >= 11 is 1.84. The van der Waals surface area contributed by atoms with Crippen LogP contribution in [-0.4, -0.2) is 14.5 Å². The number of nitrogens with zero attached hydrogens (tertiary/aromatic N) is 4. The van der Waals surface area contributed by atoms with Gasteiger partial charge in [0.25, 0.3) is 0 Å². The van der Waals surface area contributed by atoms with Gasteiger partial charge in [-0.25, -0.2) is 0 Å². The van der Waals surface area contributed by atoms with E-state index in [0.717, 1.165) is 85.0 Å². The Hall–Kier alpha value is -8.90. The Bertz CT molecular complexity index is 4050. The van der Waals surface area contributed by atoms with Crippen molar-refractivity contribution < 1.29 is 0 Å². The van der Waals surface area contributed by atoms with E-state index in [0.29, 0.717) is 0 Å². The van der Waals surface area contributed by atoms with Crippen LogP contribution in [0.25, 0.3) is 104 Å². The monoisotopic (exact) mass is 912 g/mol. The average molecular weight is 913 g/mol. The number of hydrogen-bond acceptors (Lipinski definition) is 4. The Kier molecular flexibility index (Phi) is 10.2. The van der Waals surface area contributed by atoms with Crippen LogP contribution >= 0.6 is 11.3 Å². The Morgan fingerprint density at radius 1 is 0.429 bits per heavy atom. The molecule has 70 heavy (non-hydrogen) atoms. The fourth-order valence-corrected chi connectivity index (χ4v) is 11.4. The minimum Gasteiger partial charge on any atom is -0.311 e. The van der Waals surface area contributed by atoms with Gasteiger partial charge < -0.3 is 9.47 Å². The molecule has 13 rings (SSSR count). The molecule has 0 saturated heterocycles. The molecule has 4 nitrogen and oxygen atoms in total. The van der Waals surface area contributed by atoms with Crippen LogP contribution in [0, 0.1) is 0 Å². The number of allylic oxidation sites excluding steroid dienone is 4. The third kappa shape index (κ3) is 7.23. The molecule has 5 heterocycles. The highest BCUT2D eigenvalue weighted by Gasteiger charge is 2.21. The first-order valence-corrected chi connectivity index (χ1v) is 24.5. The van der Waals surface area contributed by atoms with E-state index in [9.17, 15) is 0 Å². The predicted molar refractivity (Wildman–Crippen MR) is 296 cm³/mol. The van der Waals surface area contributed by atoms with Crippen molar-refractivity contribution in [3.8, 4) is 61.6 Å². The van der Waals surface area contributed by atoms with Gasteiger partial charge in [0.15, 0.2) is 0 Å². The topological polar surface area (TPSA) is 34.0 Å². The van der Waals surface area contributed by atoms with Gasteiger partial charge in [0.2, 0.25) is 0 Å². The maximum absolute atomic E-state index is 4.74. The molecule has 1 aliphatic heterocycles. The number of aromatic nitrogens is 3. The Balaban J connectivity index is 0.950. The standard InChI is InChI=1S/C65H44N4S/c1-43-16-4-2-7-19-48-38-46(51-20-8-10-22-53(51)59-24-12-14-36-66-59)27-31-61(48)68(43)49-29-34-64-57(41-49)58-42-50(30-35-65(58)70-64)69-62-32-26-45(44-17-5-3-6-18-44)39-55(62)56-40-47(28-33-63(56)69)52-21-9-11-23-54(52)60-25-13-15-37-67-60/h2-18,20-42H,1,19H2/b7-2-,16-4-. The lowest BCUT2D eigenvalue weighted by atomic mass is 9.94. The molecule has 0 amide bonds. The molecule has 0 atom stereocenters. The van der Waals surface area contributed by atoms with E-state index in [-0.39, 0.29) is 0 Å². The third-order valence-electron chi connectivity index (χ3n) is 13.7. The van der Waals surface area contributed by atoms with Crippen LogP contribution in [0.4, 0.5) is 11.4 Å². The molecule has 4 aromatic heterocycles. The Morgan fingerprint density at radius 3 is 1.64 bits per heavy atom. The largest absolute Gasteiger partial charge is 0.311 e. The zero-order valence-electron chi connectivity index (χ0n) is 38.2. The van der Waals surface area contributed by atoms with Gasteiger partial charge in [0, 0.05) is 77.2 Å². The Labute approximate surface area is 410 Å². The minimum absolute atomic E-state index is 0.778. The highest BCUT2D eigenvalue weighted by Crippen LogP contribution is 2.44. The molecule has 5 heteroatoms. The zero-order valence-corrected chi connectivity index (χ0v) is 39.0. The summed E-state index contributed by atoms with van der Waals surface area (Å²) in [7, 11) is 0. The van der Waals surface area contributed by atoms with Gasteiger partial charge in [0.05, 0.1) is 22.4 Å². The molecule has 8 aromatic carbocycles. The molecule has 0 bridgehead atoms. The summed E-state index contributed by atoms with van der Waals surface area (Å²) in [5.41, 5.74) is 18.9. The average Bonchev–Trinajstić information content (AvgIpc) is 3.98. The van der Waals surface area contributed by atoms with Crippen molar-refractivity contribution in [2.75, 3.05) is 4.90 Å². The number of fused-ring (bicyclic) bond motifs is 7. The summed E-state index contributed by atoms with van der Waals surface area (Å²) < 4.78 is 4.94. The van der Waals surface area contributed by atoms with Crippen molar-refractivity contribution in [3.63, 3.8) is 0 Å². The van der Waals surface area contributed by atoms with Crippen molar-refractivity contribution in [3.05, 3.63) is 261 Å². The summed E-state index contributed by atoms with van der Waals surface area (Å²) in [6, 6.07) is 74.6. The molecule has 12 aromatic rings. The molecule has 0 radical (unpaired) electrons. The molecule has 0 saturated carbocycles. The van der Waals surface area contributed by atoms with Gasteiger partial charge in [-0.05, 0) is 149 Å². The van der Waals surface area contributed by atoms with Crippen molar-refractivity contribution >= 4 is 64.7 Å². The van der Waals surface area contributed by atoms with Gasteiger partial charge >= 0.3 is 0 Å². The molecule has 0 fully saturated rings. The lowest BCUT2D eigenvalue weighted by Crippen LogP contribution is -2.16. The zero-order chi connectivity index (χ0) is 46.5. The molecule has 0 aliphatic carbocycles. The van der Waals surface area contributed by atoms with Crippen LogP contribution in [-0.2, 0) is 6.42 Å². The number of hydrogen-bond donors (Lipinski definition) is 0. The molecule has 330 valence electrons. The number of anilines is 2. The maximum Gasteiger partial charge on any atom is 0.0708 e. The molecular weight excluding hydrogens is 869 g/mol. The van der Waals surface area contributed by atoms with Gasteiger partial charge in [0.1, 0.15) is 0 Å². The van der Waals surface area contributed by atoms with E-state index in [1.165, 1.54) is 47.6 Å². The van der Waals surface area contributed by atoms with Crippen LogP contribution in [0.2, 0.25) is 0 Å². The lowest BCUT2D eigenvalue weighted by molar-refractivity contribution is 1.17. The van der Waals surface area contributed by atoms with Gasteiger partial charge in [-0.15, -0.1) is 11.3 Å². The lowest BCUT2D eigenvalue weighted by Gasteiger charge is -2.28. The third-order valence-corrected chi connectivity index (χ3v) is 14.8. The quantitative estimate of drug-likeness (QED) is 0.160. The number of benzene rings is 8. The summed E-state index contributed by atoms with van der Waals surface area (Å²) in [6.07, 6.45) is 13.1. The first-order valence-electron chi connectivity index (χ1n) is 23.7. The fourth-order valence-electron chi connectivity index (χ4n) is 10.4. The van der Waals surface area contributed by atoms with E-state index in [4.69, 9.17) is 9.97 Å². The van der Waals surface area contributed by atoms with Crippen molar-refractivity contribution in [2.24, 2.45) is 0 Å². The van der Waals surface area contributed by atoms with Gasteiger partial charge in [-0.1, -0.05) is 134 Å². The van der Waals surface area contributed by atoms with E-state index in [2.05, 4.69) is 228 Å². The second-order valence-electron chi connectivity index (χ2n) is 17.8. The number of rotatable bonds is 7.